The normalized spacial score (nSPS) is 36.0. The topological polar surface area (TPSA) is 12.0 Å². The fourth-order valence-electron chi connectivity index (χ4n) is 1.32. The predicted octanol–water partition coefficient (Wildman–Crippen LogP) is 1.20. The molecule has 9 heavy (non-hydrogen) atoms. The summed E-state index contributed by atoms with van der Waals surface area (Å²) >= 11 is 0. The highest BCUT2D eigenvalue weighted by Gasteiger charge is 2.28. The second kappa shape index (κ2) is 2.65. The molecule has 1 saturated heterocycles. The van der Waals surface area contributed by atoms with E-state index in [0.717, 1.165) is 6.54 Å². The number of rotatable bonds is 1. The van der Waals surface area contributed by atoms with Crippen molar-refractivity contribution in [2.24, 2.45) is 11.8 Å². The minimum Gasteiger partial charge on any atom is -0.313 e. The van der Waals surface area contributed by atoms with Gasteiger partial charge in [-0.25, -0.2) is 4.39 Å². The fraction of sp³-hybridized carbons (Fsp3) is 1.00. The van der Waals surface area contributed by atoms with E-state index in [9.17, 15) is 4.39 Å². The van der Waals surface area contributed by atoms with Crippen LogP contribution in [0.5, 0.6) is 0 Å². The van der Waals surface area contributed by atoms with E-state index in [1.54, 1.807) is 0 Å². The summed E-state index contributed by atoms with van der Waals surface area (Å²) in [5.74, 6) is 0.736. The third-order valence-corrected chi connectivity index (χ3v) is 2.04. The fourth-order valence-corrected chi connectivity index (χ4v) is 1.32. The molecule has 0 saturated carbocycles. The van der Waals surface area contributed by atoms with Gasteiger partial charge in [0, 0.05) is 19.0 Å². The predicted molar refractivity (Wildman–Crippen MR) is 36.1 cm³/mol. The van der Waals surface area contributed by atoms with Gasteiger partial charge in [-0.1, -0.05) is 13.8 Å². The smallest absolute Gasteiger partial charge is 0.117 e. The van der Waals surface area contributed by atoms with Crippen LogP contribution in [0, 0.1) is 11.8 Å². The maximum Gasteiger partial charge on any atom is 0.117 e. The summed E-state index contributed by atoms with van der Waals surface area (Å²) in [4.78, 5) is 0. The molecule has 0 radical (unpaired) electrons. The van der Waals surface area contributed by atoms with E-state index in [2.05, 4.69) is 19.2 Å². The number of hydrogen-bond acceptors (Lipinski definition) is 1. The average molecular weight is 131 g/mol. The van der Waals surface area contributed by atoms with Crippen molar-refractivity contribution in [1.29, 1.82) is 0 Å². The van der Waals surface area contributed by atoms with Crippen molar-refractivity contribution >= 4 is 0 Å². The van der Waals surface area contributed by atoms with Crippen LogP contribution in [0.4, 0.5) is 4.39 Å². The quantitative estimate of drug-likeness (QED) is 0.564. The lowest BCUT2D eigenvalue weighted by Gasteiger charge is -2.14. The van der Waals surface area contributed by atoms with Crippen molar-refractivity contribution in [3.63, 3.8) is 0 Å². The lowest BCUT2D eigenvalue weighted by molar-refractivity contribution is 0.234. The first kappa shape index (κ1) is 7.00. The maximum atomic E-state index is 12.8. The Balaban J connectivity index is 2.40. The zero-order valence-corrected chi connectivity index (χ0v) is 6.02. The number of alkyl halides is 1. The van der Waals surface area contributed by atoms with E-state index in [-0.39, 0.29) is 5.92 Å². The van der Waals surface area contributed by atoms with Gasteiger partial charge in [0.15, 0.2) is 0 Å². The Labute approximate surface area is 55.6 Å². The molecule has 1 aliphatic rings. The Hall–Kier alpha value is -0.110. The molecule has 1 unspecified atom stereocenters. The summed E-state index contributed by atoms with van der Waals surface area (Å²) < 4.78 is 12.8. The molecule has 0 bridgehead atoms. The SMILES string of the molecule is CC(C)C1CNC[C@H]1F. The molecule has 54 valence electrons. The highest BCUT2D eigenvalue weighted by molar-refractivity contribution is 4.82. The standard InChI is InChI=1S/C7H14FN/c1-5(2)6-3-9-4-7(6)8/h5-7,9H,3-4H2,1-2H3/t6?,7-/m1/s1. The van der Waals surface area contributed by atoms with Gasteiger partial charge in [0.25, 0.3) is 0 Å². The molecule has 1 N–H and O–H groups in total. The molecule has 0 spiro atoms. The molecule has 0 aromatic carbocycles. The molecule has 0 aromatic rings. The number of nitrogens with one attached hydrogen (secondary N) is 1. The highest BCUT2D eigenvalue weighted by atomic mass is 19.1. The van der Waals surface area contributed by atoms with Gasteiger partial charge >= 0.3 is 0 Å². The molecular formula is C7H14FN. The van der Waals surface area contributed by atoms with Crippen LogP contribution in [0.3, 0.4) is 0 Å². The van der Waals surface area contributed by atoms with Crippen LogP contribution in [0.2, 0.25) is 0 Å². The third kappa shape index (κ3) is 1.42. The molecule has 0 amide bonds. The largest absolute Gasteiger partial charge is 0.313 e. The van der Waals surface area contributed by atoms with E-state index >= 15 is 0 Å². The first-order valence-corrected chi connectivity index (χ1v) is 3.56. The molecule has 1 aliphatic heterocycles. The summed E-state index contributed by atoms with van der Waals surface area (Å²) in [5.41, 5.74) is 0. The van der Waals surface area contributed by atoms with Crippen LogP contribution >= 0.6 is 0 Å². The lowest BCUT2D eigenvalue weighted by Crippen LogP contribution is -2.18. The zero-order valence-electron chi connectivity index (χ0n) is 6.02. The summed E-state index contributed by atoms with van der Waals surface area (Å²) in [7, 11) is 0. The van der Waals surface area contributed by atoms with Gasteiger partial charge in [0.2, 0.25) is 0 Å². The van der Waals surface area contributed by atoms with E-state index in [0.29, 0.717) is 12.5 Å². The van der Waals surface area contributed by atoms with Gasteiger partial charge in [-0.2, -0.15) is 0 Å². The van der Waals surface area contributed by atoms with Gasteiger partial charge in [0.05, 0.1) is 0 Å². The Kier molecular flexibility index (Phi) is 2.06. The molecule has 2 heteroatoms. The zero-order chi connectivity index (χ0) is 6.85. The van der Waals surface area contributed by atoms with E-state index in [1.165, 1.54) is 0 Å². The van der Waals surface area contributed by atoms with Crippen molar-refractivity contribution in [1.82, 2.24) is 5.32 Å². The molecule has 1 nitrogen and oxygen atoms in total. The Morgan fingerprint density at radius 2 is 2.11 bits per heavy atom. The molecule has 0 aliphatic carbocycles. The minimum absolute atomic E-state index is 0.255. The molecule has 1 heterocycles. The van der Waals surface area contributed by atoms with Crippen molar-refractivity contribution in [3.8, 4) is 0 Å². The Morgan fingerprint density at radius 1 is 1.44 bits per heavy atom. The summed E-state index contributed by atoms with van der Waals surface area (Å²) in [6, 6.07) is 0. The van der Waals surface area contributed by atoms with Crippen LogP contribution < -0.4 is 5.32 Å². The van der Waals surface area contributed by atoms with Crippen LogP contribution in [-0.4, -0.2) is 19.3 Å². The lowest BCUT2D eigenvalue weighted by atomic mass is 9.94. The minimum atomic E-state index is -0.606. The van der Waals surface area contributed by atoms with Crippen LogP contribution in [0.25, 0.3) is 0 Å². The summed E-state index contributed by atoms with van der Waals surface area (Å²) in [6.45, 7) is 5.57. The summed E-state index contributed by atoms with van der Waals surface area (Å²) in [5, 5.41) is 3.03. The highest BCUT2D eigenvalue weighted by Crippen LogP contribution is 2.20. The van der Waals surface area contributed by atoms with Gasteiger partial charge in [-0.15, -0.1) is 0 Å². The van der Waals surface area contributed by atoms with Crippen molar-refractivity contribution in [3.05, 3.63) is 0 Å². The van der Waals surface area contributed by atoms with Crippen LogP contribution in [0.1, 0.15) is 13.8 Å². The van der Waals surface area contributed by atoms with Gasteiger partial charge < -0.3 is 5.32 Å². The van der Waals surface area contributed by atoms with Crippen molar-refractivity contribution < 1.29 is 4.39 Å². The molecule has 0 aromatic heterocycles. The first-order valence-electron chi connectivity index (χ1n) is 3.56. The van der Waals surface area contributed by atoms with Crippen LogP contribution in [0.15, 0.2) is 0 Å². The van der Waals surface area contributed by atoms with Gasteiger partial charge in [0.1, 0.15) is 6.17 Å². The number of hydrogen-bond donors (Lipinski definition) is 1. The van der Waals surface area contributed by atoms with E-state index in [4.69, 9.17) is 0 Å². The molecule has 1 rings (SSSR count). The molecular weight excluding hydrogens is 117 g/mol. The monoisotopic (exact) mass is 131 g/mol. The second-order valence-electron chi connectivity index (χ2n) is 3.08. The first-order chi connectivity index (χ1) is 4.22. The van der Waals surface area contributed by atoms with Gasteiger partial charge in [-0.05, 0) is 5.92 Å². The van der Waals surface area contributed by atoms with Crippen molar-refractivity contribution in [2.45, 2.75) is 20.0 Å². The third-order valence-electron chi connectivity index (χ3n) is 2.04. The molecule has 2 atom stereocenters. The van der Waals surface area contributed by atoms with E-state index in [1.807, 2.05) is 0 Å². The maximum absolute atomic E-state index is 12.8. The summed E-state index contributed by atoms with van der Waals surface area (Å²) in [6.07, 6.45) is -0.606. The van der Waals surface area contributed by atoms with Crippen LogP contribution in [-0.2, 0) is 0 Å². The Morgan fingerprint density at radius 3 is 2.33 bits per heavy atom. The molecule has 1 fully saturated rings. The second-order valence-corrected chi connectivity index (χ2v) is 3.08. The Bertz CT molecular complexity index is 92.9. The van der Waals surface area contributed by atoms with E-state index < -0.39 is 6.17 Å². The number of halogens is 1. The average Bonchev–Trinajstić information content (AvgIpc) is 2.13. The van der Waals surface area contributed by atoms with Crippen molar-refractivity contribution in [2.75, 3.05) is 13.1 Å². The van der Waals surface area contributed by atoms with Gasteiger partial charge in [-0.3, -0.25) is 0 Å².